The van der Waals surface area contributed by atoms with Gasteiger partial charge in [0.25, 0.3) is 17.7 Å². The molecule has 0 unspecified atom stereocenters. The zero-order chi connectivity index (χ0) is 23.9. The summed E-state index contributed by atoms with van der Waals surface area (Å²) in [5.41, 5.74) is 2.97. The topological polar surface area (TPSA) is 105 Å². The number of carbonyl (C=O) groups excluding carboxylic acids is 4. The highest BCUT2D eigenvalue weighted by atomic mass is 16.5. The lowest BCUT2D eigenvalue weighted by Gasteiger charge is -2.26. The highest BCUT2D eigenvalue weighted by molar-refractivity contribution is 6.08. The van der Waals surface area contributed by atoms with Crippen molar-refractivity contribution in [2.24, 2.45) is 0 Å². The smallest absolute Gasteiger partial charge is 0.353 e. The lowest BCUT2D eigenvalue weighted by molar-refractivity contribution is -0.137. The molecule has 3 amide bonds. The van der Waals surface area contributed by atoms with Crippen molar-refractivity contribution >= 4 is 29.4 Å². The van der Waals surface area contributed by atoms with E-state index in [1.807, 2.05) is 18.2 Å². The van der Waals surface area contributed by atoms with E-state index in [9.17, 15) is 19.2 Å². The van der Waals surface area contributed by atoms with E-state index in [2.05, 4.69) is 23.2 Å². The molecule has 168 valence electrons. The molecule has 2 aromatic carbocycles. The Balaban J connectivity index is 1.63. The van der Waals surface area contributed by atoms with Crippen LogP contribution in [0.5, 0.6) is 5.75 Å². The number of methoxy groups -OCH3 is 1. The molecule has 0 bridgehead atoms. The third-order valence-corrected chi connectivity index (χ3v) is 5.61. The molecule has 0 radical (unpaired) electrons. The van der Waals surface area contributed by atoms with Crippen LogP contribution in [-0.4, -0.2) is 49.4 Å². The predicted octanol–water partition coefficient (Wildman–Crippen LogP) is 1.98. The Morgan fingerprint density at radius 3 is 2.58 bits per heavy atom. The maximum atomic E-state index is 13.0. The van der Waals surface area contributed by atoms with E-state index in [4.69, 9.17) is 4.74 Å². The van der Waals surface area contributed by atoms with E-state index in [1.54, 1.807) is 25.2 Å². The van der Waals surface area contributed by atoms with Crippen molar-refractivity contribution < 1.29 is 28.7 Å². The molecule has 9 nitrogen and oxygen atoms in total. The van der Waals surface area contributed by atoms with E-state index in [0.29, 0.717) is 22.6 Å². The number of benzene rings is 2. The van der Waals surface area contributed by atoms with Crippen molar-refractivity contribution in [1.29, 1.82) is 0 Å². The number of amides is 3. The Bertz CT molecular complexity index is 1250. The molecule has 2 heterocycles. The molecule has 9 heteroatoms. The van der Waals surface area contributed by atoms with Crippen LogP contribution in [0, 0.1) is 0 Å². The van der Waals surface area contributed by atoms with Crippen molar-refractivity contribution in [3.05, 3.63) is 72.1 Å². The normalized spacial score (nSPS) is 14.2. The van der Waals surface area contributed by atoms with Crippen LogP contribution in [0.4, 0.5) is 5.69 Å². The quantitative estimate of drug-likeness (QED) is 0.555. The molecular formula is C24H21N3O6. The summed E-state index contributed by atoms with van der Waals surface area (Å²) >= 11 is 0. The van der Waals surface area contributed by atoms with Gasteiger partial charge in [-0.15, -0.1) is 0 Å². The van der Waals surface area contributed by atoms with Crippen molar-refractivity contribution in [3.63, 3.8) is 0 Å². The summed E-state index contributed by atoms with van der Waals surface area (Å²) in [6.45, 7) is 7.27. The Morgan fingerprint density at radius 2 is 1.85 bits per heavy atom. The number of anilines is 1. The van der Waals surface area contributed by atoms with Crippen LogP contribution in [-0.2, 0) is 25.7 Å². The first-order valence-corrected chi connectivity index (χ1v) is 9.98. The van der Waals surface area contributed by atoms with Crippen molar-refractivity contribution in [1.82, 2.24) is 10.2 Å². The summed E-state index contributed by atoms with van der Waals surface area (Å²) in [6, 6.07) is 10.8. The van der Waals surface area contributed by atoms with Crippen LogP contribution in [0.25, 0.3) is 11.1 Å². The summed E-state index contributed by atoms with van der Waals surface area (Å²) in [4.78, 5) is 51.8. The Morgan fingerprint density at radius 1 is 1.12 bits per heavy atom. The molecule has 0 atom stereocenters. The van der Waals surface area contributed by atoms with E-state index in [-0.39, 0.29) is 36.4 Å². The molecule has 0 spiro atoms. The number of nitrogens with one attached hydrogen (secondary N) is 1. The van der Waals surface area contributed by atoms with Gasteiger partial charge in [0.15, 0.2) is 6.61 Å². The fraction of sp³-hybridized carbons (Fsp3) is 0.167. The first-order valence-electron chi connectivity index (χ1n) is 9.98. The molecular weight excluding hydrogens is 426 g/mol. The average Bonchev–Trinajstić information content (AvgIpc) is 3.16. The van der Waals surface area contributed by atoms with E-state index in [0.717, 1.165) is 18.2 Å². The lowest BCUT2D eigenvalue weighted by Crippen LogP contribution is -2.36. The minimum Gasteiger partial charge on any atom is -0.482 e. The molecule has 2 aliphatic heterocycles. The summed E-state index contributed by atoms with van der Waals surface area (Å²) in [7, 11) is 2.84. The van der Waals surface area contributed by atoms with Gasteiger partial charge in [-0.1, -0.05) is 31.4 Å². The monoisotopic (exact) mass is 447 g/mol. The number of hydrogen-bond acceptors (Lipinski definition) is 6. The molecule has 0 saturated heterocycles. The van der Waals surface area contributed by atoms with Crippen LogP contribution in [0.15, 0.2) is 61.0 Å². The van der Waals surface area contributed by atoms with Crippen molar-refractivity contribution in [3.8, 4) is 16.9 Å². The van der Waals surface area contributed by atoms with Gasteiger partial charge in [0.1, 0.15) is 17.1 Å². The van der Waals surface area contributed by atoms with Crippen LogP contribution in [0.3, 0.4) is 0 Å². The maximum Gasteiger partial charge on any atom is 0.353 e. The number of hydrogen-bond donors (Lipinski definition) is 1. The van der Waals surface area contributed by atoms with E-state index in [1.165, 1.54) is 9.80 Å². The Kier molecular flexibility index (Phi) is 5.47. The fourth-order valence-corrected chi connectivity index (χ4v) is 3.77. The van der Waals surface area contributed by atoms with Gasteiger partial charge in [0, 0.05) is 12.6 Å². The summed E-state index contributed by atoms with van der Waals surface area (Å²) < 4.78 is 10.0. The maximum absolute atomic E-state index is 13.0. The SMILES string of the molecule is C=C(NC(=O)C(=C)N1Cc2c(cccc2-c2ccc3c(c2)N(C)C(=O)CO3)C1=O)C(=O)OC. The minimum absolute atomic E-state index is 0.0143. The van der Waals surface area contributed by atoms with Gasteiger partial charge in [-0.05, 0) is 34.9 Å². The summed E-state index contributed by atoms with van der Waals surface area (Å²) in [5.74, 6) is -1.48. The zero-order valence-corrected chi connectivity index (χ0v) is 18.1. The van der Waals surface area contributed by atoms with Gasteiger partial charge in [0.05, 0.1) is 19.3 Å². The molecule has 1 N–H and O–H groups in total. The van der Waals surface area contributed by atoms with E-state index < -0.39 is 11.9 Å². The molecule has 0 aliphatic carbocycles. The van der Waals surface area contributed by atoms with Gasteiger partial charge < -0.3 is 19.7 Å². The third kappa shape index (κ3) is 3.73. The molecule has 4 rings (SSSR count). The van der Waals surface area contributed by atoms with Gasteiger partial charge in [-0.3, -0.25) is 19.3 Å². The second-order valence-corrected chi connectivity index (χ2v) is 7.52. The van der Waals surface area contributed by atoms with Crippen LogP contribution in [0.2, 0.25) is 0 Å². The zero-order valence-electron chi connectivity index (χ0n) is 18.1. The molecule has 0 saturated carbocycles. The average molecular weight is 447 g/mol. The highest BCUT2D eigenvalue weighted by Crippen LogP contribution is 2.39. The second-order valence-electron chi connectivity index (χ2n) is 7.52. The number of likely N-dealkylation sites (N-methyl/N-ethyl adjacent to an activating group) is 1. The van der Waals surface area contributed by atoms with Crippen LogP contribution in [0.1, 0.15) is 15.9 Å². The van der Waals surface area contributed by atoms with Gasteiger partial charge in [-0.2, -0.15) is 0 Å². The van der Waals surface area contributed by atoms with E-state index >= 15 is 0 Å². The number of fused-ring (bicyclic) bond motifs is 2. The largest absolute Gasteiger partial charge is 0.482 e. The first-order chi connectivity index (χ1) is 15.7. The van der Waals surface area contributed by atoms with Gasteiger partial charge in [0.2, 0.25) is 0 Å². The first kappa shape index (κ1) is 21.8. The minimum atomic E-state index is -0.797. The van der Waals surface area contributed by atoms with Crippen LogP contribution < -0.4 is 15.0 Å². The molecule has 0 aromatic heterocycles. The standard InChI is InChI=1S/C24H21N3O6/c1-13(24(31)32-4)25-22(29)14(2)27-11-18-16(6-5-7-17(18)23(27)30)15-8-9-20-19(10-15)26(3)21(28)12-33-20/h5-10H,1-2,11-12H2,3-4H3,(H,25,29). The predicted molar refractivity (Wildman–Crippen MR) is 119 cm³/mol. The Hall–Kier alpha value is -4.40. The van der Waals surface area contributed by atoms with Crippen molar-refractivity contribution in [2.75, 3.05) is 25.7 Å². The Labute approximate surface area is 189 Å². The third-order valence-electron chi connectivity index (χ3n) is 5.61. The molecule has 0 fully saturated rings. The van der Waals surface area contributed by atoms with Crippen molar-refractivity contribution in [2.45, 2.75) is 6.54 Å². The lowest BCUT2D eigenvalue weighted by atomic mass is 9.96. The summed E-state index contributed by atoms with van der Waals surface area (Å²) in [6.07, 6.45) is 0. The number of carbonyl (C=O) groups is 4. The molecule has 2 aliphatic rings. The molecule has 33 heavy (non-hydrogen) atoms. The van der Waals surface area contributed by atoms with Crippen LogP contribution >= 0.6 is 0 Å². The highest BCUT2D eigenvalue weighted by Gasteiger charge is 2.34. The summed E-state index contributed by atoms with van der Waals surface area (Å²) in [5, 5.41) is 2.29. The number of rotatable bonds is 5. The molecule has 2 aromatic rings. The number of esters is 1. The van der Waals surface area contributed by atoms with Gasteiger partial charge in [-0.25, -0.2) is 4.79 Å². The fourth-order valence-electron chi connectivity index (χ4n) is 3.77. The van der Waals surface area contributed by atoms with Gasteiger partial charge >= 0.3 is 5.97 Å². The number of nitrogens with zero attached hydrogens (tertiary/aromatic N) is 2. The number of ether oxygens (including phenoxy) is 2. The second kappa shape index (κ2) is 8.27.